The second-order valence-corrected chi connectivity index (χ2v) is 13.5. The fourth-order valence-electron chi connectivity index (χ4n) is 8.48. The minimum Gasteiger partial charge on any atom is -0.481 e. The quantitative estimate of drug-likeness (QED) is 0.110. The molecule has 2 unspecified atom stereocenters. The summed E-state index contributed by atoms with van der Waals surface area (Å²) in [5, 5.41) is 64.0. The maximum Gasteiger partial charge on any atom is 0.303 e. The van der Waals surface area contributed by atoms with Crippen molar-refractivity contribution in [3.63, 3.8) is 0 Å². The highest BCUT2D eigenvalue weighted by Crippen LogP contribution is 2.61. The van der Waals surface area contributed by atoms with Gasteiger partial charge in [-0.25, -0.2) is 0 Å². The number of aliphatic hydroxyl groups is 4. The summed E-state index contributed by atoms with van der Waals surface area (Å²) in [6.07, 6.45) is 1.95. The lowest BCUT2D eigenvalue weighted by Gasteiger charge is -2.57. The van der Waals surface area contributed by atoms with Crippen molar-refractivity contribution in [1.29, 1.82) is 0 Å². The molecule has 1 amide bonds. The largest absolute Gasteiger partial charge is 0.481 e. The Morgan fingerprint density at radius 2 is 1.40 bits per heavy atom. The minimum atomic E-state index is -1.55. The van der Waals surface area contributed by atoms with E-state index in [9.17, 15) is 49.8 Å². The molecular formula is C30H48N2O11. The summed E-state index contributed by atoms with van der Waals surface area (Å²) >= 11 is 0. The number of amides is 1. The molecule has 5 aliphatic rings. The molecule has 4 bridgehead atoms. The van der Waals surface area contributed by atoms with Crippen molar-refractivity contribution in [2.75, 3.05) is 13.2 Å². The number of hydrogen-bond donors (Lipinski definition) is 8. The Labute approximate surface area is 251 Å². The standard InChI is InChI=1S/C30H48N2O11/c33-15-22-26(39)27(40)25(29(42)43-22)31-8-6-19(1-3-23(35)36)28(41)32-20(2-4-24(37)38)21(34)5-7-30-12-16-9-17(13-30)11-18(10-16)14-30/h16-20,22,25-27,29,31,33,39-40,42H,1-15H2,(H,32,41)(H,35,36)(H,37,38)/t16?,17?,18?,19-,20-,22-,25?,26+,27-,29?,30?/m1/s1. The number of ketones is 1. The first-order chi connectivity index (χ1) is 20.4. The number of carbonyl (C=O) groups excluding carboxylic acids is 2. The predicted molar refractivity (Wildman–Crippen MR) is 150 cm³/mol. The molecule has 1 saturated heterocycles. The zero-order valence-electron chi connectivity index (χ0n) is 24.6. The van der Waals surface area contributed by atoms with E-state index >= 15 is 0 Å². The van der Waals surface area contributed by atoms with Crippen LogP contribution in [0, 0.1) is 29.1 Å². The van der Waals surface area contributed by atoms with Gasteiger partial charge >= 0.3 is 11.9 Å². The first-order valence-electron chi connectivity index (χ1n) is 15.7. The van der Waals surface area contributed by atoms with E-state index in [2.05, 4.69) is 10.6 Å². The average Bonchev–Trinajstić information content (AvgIpc) is 2.94. The molecule has 1 aliphatic heterocycles. The average molecular weight is 613 g/mol. The highest BCUT2D eigenvalue weighted by atomic mass is 16.6. The topological polar surface area (TPSA) is 223 Å². The summed E-state index contributed by atoms with van der Waals surface area (Å²) in [4.78, 5) is 49.4. The zero-order valence-corrected chi connectivity index (χ0v) is 24.6. The second kappa shape index (κ2) is 14.7. The van der Waals surface area contributed by atoms with Gasteiger partial charge in [0, 0.05) is 25.2 Å². The van der Waals surface area contributed by atoms with Crippen molar-refractivity contribution in [1.82, 2.24) is 10.6 Å². The molecular weight excluding hydrogens is 564 g/mol. The number of aliphatic hydroxyl groups excluding tert-OH is 4. The lowest BCUT2D eigenvalue weighted by Crippen LogP contribution is -2.63. The van der Waals surface area contributed by atoms with Crippen LogP contribution in [-0.2, 0) is 23.9 Å². The van der Waals surface area contributed by atoms with Gasteiger partial charge in [0.05, 0.1) is 18.7 Å². The van der Waals surface area contributed by atoms with Gasteiger partial charge in [-0.3, -0.25) is 19.2 Å². The van der Waals surface area contributed by atoms with Crippen molar-refractivity contribution in [3.05, 3.63) is 0 Å². The first kappa shape index (κ1) is 33.7. The molecule has 244 valence electrons. The van der Waals surface area contributed by atoms with Gasteiger partial charge in [-0.1, -0.05) is 0 Å². The predicted octanol–water partition coefficient (Wildman–Crippen LogP) is 0.162. The molecule has 13 nitrogen and oxygen atoms in total. The zero-order chi connectivity index (χ0) is 31.3. The van der Waals surface area contributed by atoms with Gasteiger partial charge in [0.25, 0.3) is 0 Å². The van der Waals surface area contributed by atoms with Gasteiger partial charge in [0.2, 0.25) is 5.91 Å². The molecule has 0 aromatic carbocycles. The van der Waals surface area contributed by atoms with Gasteiger partial charge in [-0.15, -0.1) is 0 Å². The molecule has 0 spiro atoms. The first-order valence-corrected chi connectivity index (χ1v) is 15.7. The van der Waals surface area contributed by atoms with Crippen molar-refractivity contribution in [2.45, 2.75) is 120 Å². The number of rotatable bonds is 17. The molecule has 0 radical (unpaired) electrons. The maximum absolute atomic E-state index is 13.4. The number of carboxylic acid groups (broad SMARTS) is 2. The lowest BCUT2D eigenvalue weighted by molar-refractivity contribution is -0.254. The van der Waals surface area contributed by atoms with Gasteiger partial charge in [0.15, 0.2) is 12.1 Å². The van der Waals surface area contributed by atoms with E-state index < -0.39 is 67.1 Å². The fourth-order valence-corrected chi connectivity index (χ4v) is 8.48. The van der Waals surface area contributed by atoms with E-state index in [1.165, 1.54) is 19.3 Å². The molecule has 13 heteroatoms. The van der Waals surface area contributed by atoms with E-state index in [1.807, 2.05) is 0 Å². The normalized spacial score (nSPS) is 36.2. The molecule has 4 saturated carbocycles. The molecule has 1 heterocycles. The van der Waals surface area contributed by atoms with E-state index in [1.54, 1.807) is 0 Å². The minimum absolute atomic E-state index is 0.0239. The summed E-state index contributed by atoms with van der Waals surface area (Å²) in [5.74, 6) is -1.64. The number of carbonyl (C=O) groups is 4. The second-order valence-electron chi connectivity index (χ2n) is 13.5. The molecule has 4 aliphatic carbocycles. The van der Waals surface area contributed by atoms with Crippen LogP contribution in [0.1, 0.15) is 83.5 Å². The van der Waals surface area contributed by atoms with Crippen LogP contribution in [0.25, 0.3) is 0 Å². The summed E-state index contributed by atoms with van der Waals surface area (Å²) in [5.41, 5.74) is 0.157. The Morgan fingerprint density at radius 1 is 0.814 bits per heavy atom. The van der Waals surface area contributed by atoms with E-state index in [0.29, 0.717) is 0 Å². The maximum atomic E-state index is 13.4. The molecule has 5 rings (SSSR count). The Kier molecular flexibility index (Phi) is 11.6. The number of nitrogens with one attached hydrogen (secondary N) is 2. The van der Waals surface area contributed by atoms with Crippen LogP contribution in [0.2, 0.25) is 0 Å². The van der Waals surface area contributed by atoms with Gasteiger partial charge < -0.3 is 46.0 Å². The number of aliphatic carboxylic acids is 2. The molecule has 5 fully saturated rings. The Balaban J connectivity index is 1.35. The fraction of sp³-hybridized carbons (Fsp3) is 0.867. The van der Waals surface area contributed by atoms with Crippen molar-refractivity contribution in [3.8, 4) is 0 Å². The summed E-state index contributed by atoms with van der Waals surface area (Å²) in [7, 11) is 0. The van der Waals surface area contributed by atoms with Crippen LogP contribution in [0.3, 0.4) is 0 Å². The van der Waals surface area contributed by atoms with E-state index in [4.69, 9.17) is 4.74 Å². The molecule has 8 N–H and O–H groups in total. The highest BCUT2D eigenvalue weighted by Gasteiger charge is 2.50. The monoisotopic (exact) mass is 612 g/mol. The van der Waals surface area contributed by atoms with Gasteiger partial charge in [0.1, 0.15) is 18.3 Å². The van der Waals surface area contributed by atoms with Crippen molar-refractivity contribution >= 4 is 23.6 Å². The lowest BCUT2D eigenvalue weighted by atomic mass is 9.48. The summed E-state index contributed by atoms with van der Waals surface area (Å²) in [6, 6.07) is -2.13. The van der Waals surface area contributed by atoms with Crippen molar-refractivity contribution < 1.29 is 54.6 Å². The summed E-state index contributed by atoms with van der Waals surface area (Å²) in [6.45, 7) is -0.583. The van der Waals surface area contributed by atoms with E-state index in [0.717, 1.165) is 43.4 Å². The van der Waals surface area contributed by atoms with Gasteiger partial charge in [-0.2, -0.15) is 0 Å². The van der Waals surface area contributed by atoms with Crippen LogP contribution in [-0.4, -0.2) is 104 Å². The number of Topliss-reactive ketones (excluding diaryl/α,β-unsaturated/α-hetero) is 1. The Morgan fingerprint density at radius 3 is 1.95 bits per heavy atom. The number of ether oxygens (including phenoxy) is 1. The third-order valence-electron chi connectivity index (χ3n) is 10.3. The molecule has 7 atom stereocenters. The number of carboxylic acids is 2. The Bertz CT molecular complexity index is 971. The van der Waals surface area contributed by atoms with Crippen LogP contribution >= 0.6 is 0 Å². The third-order valence-corrected chi connectivity index (χ3v) is 10.3. The molecule has 43 heavy (non-hydrogen) atoms. The van der Waals surface area contributed by atoms with Crippen LogP contribution in [0.5, 0.6) is 0 Å². The third kappa shape index (κ3) is 8.73. The smallest absolute Gasteiger partial charge is 0.303 e. The van der Waals surface area contributed by atoms with Crippen LogP contribution in [0.4, 0.5) is 0 Å². The van der Waals surface area contributed by atoms with Gasteiger partial charge in [-0.05, 0) is 93.9 Å². The summed E-state index contributed by atoms with van der Waals surface area (Å²) < 4.78 is 5.13. The number of hydrogen-bond acceptors (Lipinski definition) is 10. The SMILES string of the molecule is O=C(O)CC[C@H](CCNC1C(O)O[C@H](CO)[C@H](O)[C@@H]1O)C(=O)N[C@H](CCC(=O)O)C(=O)CCC12CC3CC(CC(C3)C1)C2. The Hall–Kier alpha value is -2.16. The van der Waals surface area contributed by atoms with Crippen molar-refractivity contribution in [2.24, 2.45) is 29.1 Å². The van der Waals surface area contributed by atoms with E-state index in [-0.39, 0.29) is 56.3 Å². The highest BCUT2D eigenvalue weighted by molar-refractivity contribution is 5.90. The molecule has 0 aromatic heterocycles. The van der Waals surface area contributed by atoms with Crippen LogP contribution < -0.4 is 10.6 Å². The van der Waals surface area contributed by atoms with Crippen LogP contribution in [0.15, 0.2) is 0 Å². The molecule has 0 aromatic rings.